The molecule has 0 amide bonds. The quantitative estimate of drug-likeness (QED) is 0.286. The fourth-order valence-electron chi connectivity index (χ4n) is 3.72. The van der Waals surface area contributed by atoms with Crippen LogP contribution in [0.4, 0.5) is 13.2 Å². The lowest BCUT2D eigenvalue weighted by atomic mass is 9.97. The fraction of sp³-hybridized carbons (Fsp3) is 0.185. The Morgan fingerprint density at radius 2 is 1.72 bits per heavy atom. The van der Waals surface area contributed by atoms with Crippen LogP contribution in [0, 0.1) is 6.92 Å². The molecular weight excluding hydrogens is 475 g/mol. The molecule has 0 atom stereocenters. The zero-order valence-electron chi connectivity index (χ0n) is 19.2. The van der Waals surface area contributed by atoms with Gasteiger partial charge in [-0.3, -0.25) is 4.79 Å². The van der Waals surface area contributed by atoms with Crippen LogP contribution in [0.2, 0.25) is 0 Å². The first-order valence-electron chi connectivity index (χ1n) is 11.0. The third kappa shape index (κ3) is 6.44. The number of carboxylic acids is 1. The van der Waals surface area contributed by atoms with Crippen molar-refractivity contribution in [1.29, 1.82) is 0 Å². The van der Waals surface area contributed by atoms with Crippen molar-refractivity contribution in [2.24, 2.45) is 0 Å². The molecule has 4 rings (SSSR count). The van der Waals surface area contributed by atoms with Gasteiger partial charge in [-0.05, 0) is 60.0 Å². The number of aromatic nitrogens is 1. The van der Waals surface area contributed by atoms with Crippen LogP contribution >= 0.6 is 0 Å². The molecule has 3 aromatic carbocycles. The van der Waals surface area contributed by atoms with E-state index in [4.69, 9.17) is 9.15 Å². The highest BCUT2D eigenvalue weighted by molar-refractivity contribution is 5.77. The van der Waals surface area contributed by atoms with E-state index in [-0.39, 0.29) is 18.1 Å². The Bertz CT molecular complexity index is 1350. The van der Waals surface area contributed by atoms with E-state index < -0.39 is 12.3 Å². The van der Waals surface area contributed by atoms with Gasteiger partial charge in [0.1, 0.15) is 17.3 Å². The molecule has 0 bridgehead atoms. The number of ether oxygens (including phenoxy) is 2. The van der Waals surface area contributed by atoms with E-state index in [0.717, 1.165) is 11.1 Å². The average Bonchev–Trinajstić information content (AvgIpc) is 3.19. The molecule has 6 nitrogen and oxygen atoms in total. The zero-order valence-corrected chi connectivity index (χ0v) is 19.2. The monoisotopic (exact) mass is 497 g/mol. The van der Waals surface area contributed by atoms with Crippen molar-refractivity contribution >= 4 is 5.97 Å². The van der Waals surface area contributed by atoms with Crippen LogP contribution in [-0.2, 0) is 17.6 Å². The number of halogens is 3. The Balaban J connectivity index is 1.40. The molecule has 0 fully saturated rings. The molecular formula is C27H22F3NO5. The second-order valence-corrected chi connectivity index (χ2v) is 7.95. The van der Waals surface area contributed by atoms with E-state index in [1.54, 1.807) is 19.1 Å². The smallest absolute Gasteiger partial charge is 0.493 e. The van der Waals surface area contributed by atoms with E-state index in [1.165, 1.54) is 24.3 Å². The van der Waals surface area contributed by atoms with Crippen LogP contribution in [0.1, 0.15) is 17.0 Å². The number of nitrogens with zero attached hydrogens (tertiary/aromatic N) is 1. The molecule has 9 heteroatoms. The SMILES string of the molecule is Cc1oc(-c2ccc(OC(F)(F)F)cc2)nc1CCOc1cccc(-c2ccccc2CC(=O)O)c1. The fourth-order valence-corrected chi connectivity index (χ4v) is 3.72. The van der Waals surface area contributed by atoms with Gasteiger partial charge in [-0.2, -0.15) is 0 Å². The van der Waals surface area contributed by atoms with Crippen molar-refractivity contribution in [2.45, 2.75) is 26.1 Å². The predicted molar refractivity (Wildman–Crippen MR) is 126 cm³/mol. The normalized spacial score (nSPS) is 11.3. The zero-order chi connectivity index (χ0) is 25.7. The third-order valence-electron chi connectivity index (χ3n) is 5.34. The predicted octanol–water partition coefficient (Wildman–Crippen LogP) is 6.46. The van der Waals surface area contributed by atoms with E-state index in [1.807, 2.05) is 36.4 Å². The minimum Gasteiger partial charge on any atom is -0.493 e. The lowest BCUT2D eigenvalue weighted by Gasteiger charge is -2.11. The Hall–Kier alpha value is -4.27. The minimum atomic E-state index is -4.75. The molecule has 4 aromatic rings. The number of hydrogen-bond donors (Lipinski definition) is 1. The van der Waals surface area contributed by atoms with Crippen LogP contribution in [0.15, 0.2) is 77.2 Å². The van der Waals surface area contributed by atoms with Gasteiger partial charge in [0.25, 0.3) is 0 Å². The number of benzene rings is 3. The molecule has 186 valence electrons. The molecule has 0 saturated carbocycles. The van der Waals surface area contributed by atoms with Gasteiger partial charge in [0.15, 0.2) is 0 Å². The summed E-state index contributed by atoms with van der Waals surface area (Å²) in [5.74, 6) is 0.275. The van der Waals surface area contributed by atoms with Gasteiger partial charge in [0, 0.05) is 12.0 Å². The van der Waals surface area contributed by atoms with E-state index in [9.17, 15) is 23.1 Å². The molecule has 0 spiro atoms. The minimum absolute atomic E-state index is 0.0763. The Labute approximate surface area is 204 Å². The van der Waals surface area contributed by atoms with Gasteiger partial charge >= 0.3 is 12.3 Å². The van der Waals surface area contributed by atoms with Crippen molar-refractivity contribution in [3.05, 3.63) is 89.8 Å². The van der Waals surface area contributed by atoms with Crippen molar-refractivity contribution in [2.75, 3.05) is 6.61 Å². The summed E-state index contributed by atoms with van der Waals surface area (Å²) in [5, 5.41) is 9.18. The first-order chi connectivity index (χ1) is 17.2. The number of hydrogen-bond acceptors (Lipinski definition) is 5. The van der Waals surface area contributed by atoms with E-state index in [0.29, 0.717) is 41.4 Å². The van der Waals surface area contributed by atoms with Gasteiger partial charge in [-0.1, -0.05) is 36.4 Å². The van der Waals surface area contributed by atoms with Gasteiger partial charge < -0.3 is 19.0 Å². The summed E-state index contributed by atoms with van der Waals surface area (Å²) in [6.07, 6.45) is -4.38. The second kappa shape index (κ2) is 10.6. The summed E-state index contributed by atoms with van der Waals surface area (Å²) >= 11 is 0. The maximum Gasteiger partial charge on any atom is 0.573 e. The number of rotatable bonds is 9. The first kappa shape index (κ1) is 24.8. The van der Waals surface area contributed by atoms with E-state index >= 15 is 0 Å². The van der Waals surface area contributed by atoms with Gasteiger partial charge in [0.2, 0.25) is 5.89 Å². The molecule has 1 heterocycles. The molecule has 0 aliphatic carbocycles. The lowest BCUT2D eigenvalue weighted by molar-refractivity contribution is -0.274. The average molecular weight is 497 g/mol. The molecule has 36 heavy (non-hydrogen) atoms. The highest BCUT2D eigenvalue weighted by atomic mass is 19.4. The maximum absolute atomic E-state index is 12.3. The molecule has 0 radical (unpaired) electrons. The highest BCUT2D eigenvalue weighted by Gasteiger charge is 2.31. The molecule has 0 unspecified atom stereocenters. The number of carboxylic acid groups (broad SMARTS) is 1. The number of aliphatic carboxylic acids is 1. The van der Waals surface area contributed by atoms with Gasteiger partial charge in [-0.25, -0.2) is 4.98 Å². The van der Waals surface area contributed by atoms with Crippen LogP contribution in [0.5, 0.6) is 11.5 Å². The topological polar surface area (TPSA) is 81.8 Å². The molecule has 0 saturated heterocycles. The standard InChI is InChI=1S/C27H22F3NO5/c1-17-24(31-26(35-17)18-9-11-21(12-10-18)36-27(28,29)30)13-14-34-22-7-4-6-19(15-22)23-8-3-2-5-20(23)16-25(32)33/h2-12,15H,13-14,16H2,1H3,(H,32,33). The van der Waals surface area contributed by atoms with Gasteiger partial charge in [0.05, 0.1) is 18.7 Å². The van der Waals surface area contributed by atoms with Crippen LogP contribution in [-0.4, -0.2) is 29.0 Å². The molecule has 1 aromatic heterocycles. The summed E-state index contributed by atoms with van der Waals surface area (Å²) in [4.78, 5) is 15.6. The number of alkyl halides is 3. The summed E-state index contributed by atoms with van der Waals surface area (Å²) < 4.78 is 52.5. The van der Waals surface area contributed by atoms with Crippen molar-refractivity contribution in [1.82, 2.24) is 4.98 Å². The van der Waals surface area contributed by atoms with Crippen LogP contribution < -0.4 is 9.47 Å². The first-order valence-corrected chi connectivity index (χ1v) is 11.0. The second-order valence-electron chi connectivity index (χ2n) is 7.95. The Morgan fingerprint density at radius 1 is 0.972 bits per heavy atom. The van der Waals surface area contributed by atoms with E-state index in [2.05, 4.69) is 9.72 Å². The summed E-state index contributed by atoms with van der Waals surface area (Å²) in [6, 6.07) is 20.0. The summed E-state index contributed by atoms with van der Waals surface area (Å²) in [7, 11) is 0. The summed E-state index contributed by atoms with van der Waals surface area (Å²) in [5.41, 5.74) is 3.58. The number of carbonyl (C=O) groups is 1. The van der Waals surface area contributed by atoms with Crippen molar-refractivity contribution in [3.8, 4) is 34.1 Å². The Morgan fingerprint density at radius 3 is 2.44 bits per heavy atom. The number of oxazole rings is 1. The van der Waals surface area contributed by atoms with Crippen LogP contribution in [0.3, 0.4) is 0 Å². The molecule has 0 aliphatic heterocycles. The van der Waals surface area contributed by atoms with Crippen LogP contribution in [0.25, 0.3) is 22.6 Å². The van der Waals surface area contributed by atoms with Crippen molar-refractivity contribution in [3.63, 3.8) is 0 Å². The number of aryl methyl sites for hydroxylation is 1. The third-order valence-corrected chi connectivity index (χ3v) is 5.34. The molecule has 0 aliphatic rings. The Kier molecular flexibility index (Phi) is 7.28. The lowest BCUT2D eigenvalue weighted by Crippen LogP contribution is -2.16. The summed E-state index contributed by atoms with van der Waals surface area (Å²) in [6.45, 7) is 2.07. The maximum atomic E-state index is 12.3. The van der Waals surface area contributed by atoms with Gasteiger partial charge in [-0.15, -0.1) is 13.2 Å². The van der Waals surface area contributed by atoms with Crippen molar-refractivity contribution < 1.29 is 37.0 Å². The highest BCUT2D eigenvalue weighted by Crippen LogP contribution is 2.29. The largest absolute Gasteiger partial charge is 0.573 e. The molecule has 1 N–H and O–H groups in total.